The second-order valence-corrected chi connectivity index (χ2v) is 6.18. The lowest BCUT2D eigenvalue weighted by Crippen LogP contribution is -2.20. The molecule has 1 aromatic heterocycles. The van der Waals surface area contributed by atoms with Gasteiger partial charge in [0, 0.05) is 17.3 Å². The quantitative estimate of drug-likeness (QED) is 0.568. The average Bonchev–Trinajstić information content (AvgIpc) is 2.98. The first-order chi connectivity index (χ1) is 11.9. The van der Waals surface area contributed by atoms with Gasteiger partial charge in [-0.15, -0.1) is 0 Å². The van der Waals surface area contributed by atoms with Gasteiger partial charge in [-0.2, -0.15) is 5.10 Å². The zero-order chi connectivity index (χ0) is 18.0. The molecular weight excluding hydrogens is 394 g/mol. The van der Waals surface area contributed by atoms with Gasteiger partial charge in [-0.25, -0.2) is 13.6 Å². The summed E-state index contributed by atoms with van der Waals surface area (Å²) in [7, 11) is 0. The highest BCUT2D eigenvalue weighted by molar-refractivity contribution is 9.10. The van der Waals surface area contributed by atoms with Crippen LogP contribution in [0.5, 0.6) is 0 Å². The molecule has 5 nitrogen and oxygen atoms in total. The first-order valence-corrected chi connectivity index (χ1v) is 8.06. The fraction of sp³-hybridized carbons (Fsp3) is 0.0588. The van der Waals surface area contributed by atoms with E-state index in [9.17, 15) is 13.6 Å². The molecular formula is C17H13BrF2N4O. The molecule has 25 heavy (non-hydrogen) atoms. The summed E-state index contributed by atoms with van der Waals surface area (Å²) in [6.07, 6.45) is 1.64. The number of carbonyl (C=O) groups is 1. The first-order valence-electron chi connectivity index (χ1n) is 7.27. The number of nitrogens with one attached hydrogen (secondary N) is 3. The summed E-state index contributed by atoms with van der Waals surface area (Å²) >= 11 is 3.40. The minimum atomic E-state index is -0.846. The van der Waals surface area contributed by atoms with Crippen LogP contribution in [-0.4, -0.2) is 16.2 Å². The molecule has 0 aliphatic heterocycles. The van der Waals surface area contributed by atoms with Crippen molar-refractivity contribution >= 4 is 33.3 Å². The molecule has 3 aromatic rings. The number of halogens is 3. The van der Waals surface area contributed by atoms with Crippen molar-refractivity contribution in [1.82, 2.24) is 10.2 Å². The Morgan fingerprint density at radius 3 is 2.64 bits per heavy atom. The number of amides is 2. The molecule has 3 rings (SSSR count). The minimum Gasteiger partial charge on any atom is -0.308 e. The predicted octanol–water partition coefficient (Wildman–Crippen LogP) is 5.07. The molecule has 0 atom stereocenters. The first kappa shape index (κ1) is 17.1. The molecule has 0 radical (unpaired) electrons. The third kappa shape index (κ3) is 3.85. The minimum absolute atomic E-state index is 0.109. The number of aryl methyl sites for hydroxylation is 1. The molecule has 128 valence electrons. The Morgan fingerprint density at radius 2 is 1.96 bits per heavy atom. The third-order valence-corrected chi connectivity index (χ3v) is 4.14. The average molecular weight is 407 g/mol. The van der Waals surface area contributed by atoms with Crippen LogP contribution in [0.1, 0.15) is 5.56 Å². The lowest BCUT2D eigenvalue weighted by atomic mass is 10.1. The van der Waals surface area contributed by atoms with Crippen molar-refractivity contribution in [2.75, 3.05) is 10.6 Å². The summed E-state index contributed by atoms with van der Waals surface area (Å²) in [5, 5.41) is 11.8. The Balaban J connectivity index is 1.79. The number of hydrogen-bond donors (Lipinski definition) is 3. The lowest BCUT2D eigenvalue weighted by Gasteiger charge is -2.11. The highest BCUT2D eigenvalue weighted by atomic mass is 79.9. The Bertz CT molecular complexity index is 942. The van der Waals surface area contributed by atoms with Crippen LogP contribution >= 0.6 is 15.9 Å². The molecule has 1 heterocycles. The van der Waals surface area contributed by atoms with Gasteiger partial charge in [-0.3, -0.25) is 5.10 Å². The van der Waals surface area contributed by atoms with E-state index in [1.165, 1.54) is 0 Å². The lowest BCUT2D eigenvalue weighted by molar-refractivity contribution is 0.262. The second kappa shape index (κ2) is 7.02. The number of H-pyrrole nitrogens is 1. The van der Waals surface area contributed by atoms with E-state index in [0.717, 1.165) is 33.4 Å². The van der Waals surface area contributed by atoms with Crippen molar-refractivity contribution in [3.63, 3.8) is 0 Å². The van der Waals surface area contributed by atoms with Crippen LogP contribution in [0.3, 0.4) is 0 Å². The molecule has 0 saturated heterocycles. The zero-order valence-electron chi connectivity index (χ0n) is 13.0. The van der Waals surface area contributed by atoms with Crippen molar-refractivity contribution in [2.24, 2.45) is 0 Å². The normalized spacial score (nSPS) is 10.6. The third-order valence-electron chi connectivity index (χ3n) is 3.54. The number of urea groups is 1. The number of hydrogen-bond acceptors (Lipinski definition) is 2. The van der Waals surface area contributed by atoms with Crippen LogP contribution < -0.4 is 10.6 Å². The second-order valence-electron chi connectivity index (χ2n) is 5.33. The molecule has 0 bridgehead atoms. The maximum Gasteiger partial charge on any atom is 0.323 e. The maximum absolute atomic E-state index is 13.6. The number of aromatic amines is 1. The van der Waals surface area contributed by atoms with Crippen LogP contribution in [0.4, 0.5) is 25.0 Å². The molecule has 0 aliphatic carbocycles. The van der Waals surface area contributed by atoms with Crippen molar-refractivity contribution in [1.29, 1.82) is 0 Å². The molecule has 3 N–H and O–H groups in total. The Labute approximate surface area is 150 Å². The van der Waals surface area contributed by atoms with E-state index in [4.69, 9.17) is 0 Å². The summed E-state index contributed by atoms with van der Waals surface area (Å²) in [5.41, 5.74) is 3.03. The summed E-state index contributed by atoms with van der Waals surface area (Å²) < 4.78 is 27.3. The molecule has 2 amide bonds. The van der Waals surface area contributed by atoms with Gasteiger partial charge < -0.3 is 10.6 Å². The van der Waals surface area contributed by atoms with Gasteiger partial charge in [0.25, 0.3) is 0 Å². The molecule has 0 saturated carbocycles. The van der Waals surface area contributed by atoms with Crippen molar-refractivity contribution in [3.8, 4) is 11.3 Å². The van der Waals surface area contributed by atoms with Crippen molar-refractivity contribution in [2.45, 2.75) is 6.92 Å². The standard InChI is InChI=1S/C17H13BrF2N4O/c1-9-2-4-11(7-12(9)16-13(18)8-21-24-16)22-17(25)23-15-5-3-10(19)6-14(15)20/h2-8H,1H3,(H,21,24)(H2,22,23,25). The van der Waals surface area contributed by atoms with E-state index in [1.807, 2.05) is 13.0 Å². The highest BCUT2D eigenvalue weighted by Crippen LogP contribution is 2.30. The maximum atomic E-state index is 13.6. The number of benzene rings is 2. The van der Waals surface area contributed by atoms with Gasteiger partial charge in [0.05, 0.1) is 22.1 Å². The van der Waals surface area contributed by atoms with Crippen molar-refractivity contribution in [3.05, 3.63) is 64.3 Å². The van der Waals surface area contributed by atoms with E-state index >= 15 is 0 Å². The monoisotopic (exact) mass is 406 g/mol. The molecule has 0 aliphatic rings. The van der Waals surface area contributed by atoms with Gasteiger partial charge in [0.1, 0.15) is 11.6 Å². The Morgan fingerprint density at radius 1 is 1.16 bits per heavy atom. The van der Waals surface area contributed by atoms with Gasteiger partial charge in [-0.1, -0.05) is 6.07 Å². The van der Waals surface area contributed by atoms with Gasteiger partial charge >= 0.3 is 6.03 Å². The van der Waals surface area contributed by atoms with Gasteiger partial charge in [0.2, 0.25) is 0 Å². The number of carbonyl (C=O) groups excluding carboxylic acids is 1. The predicted molar refractivity (Wildman–Crippen MR) is 95.5 cm³/mol. The number of aromatic nitrogens is 2. The van der Waals surface area contributed by atoms with E-state index in [2.05, 4.69) is 36.8 Å². The Hall–Kier alpha value is -2.74. The summed E-state index contributed by atoms with van der Waals surface area (Å²) in [4.78, 5) is 12.1. The zero-order valence-corrected chi connectivity index (χ0v) is 14.6. The molecule has 0 fully saturated rings. The summed E-state index contributed by atoms with van der Waals surface area (Å²) in [6.45, 7) is 1.93. The molecule has 2 aromatic carbocycles. The van der Waals surface area contributed by atoms with Crippen LogP contribution in [0.15, 0.2) is 47.1 Å². The molecule has 8 heteroatoms. The van der Waals surface area contributed by atoms with Crippen LogP contribution in [-0.2, 0) is 0 Å². The summed E-state index contributed by atoms with van der Waals surface area (Å²) in [5.74, 6) is -1.56. The molecule has 0 unspecified atom stereocenters. The highest BCUT2D eigenvalue weighted by Gasteiger charge is 2.12. The van der Waals surface area contributed by atoms with Gasteiger partial charge in [0.15, 0.2) is 0 Å². The SMILES string of the molecule is Cc1ccc(NC(=O)Nc2ccc(F)cc2F)cc1-c1[nH]ncc1Br. The van der Waals surface area contributed by atoms with E-state index in [0.29, 0.717) is 11.8 Å². The van der Waals surface area contributed by atoms with E-state index in [1.54, 1.807) is 18.3 Å². The number of anilines is 2. The van der Waals surface area contributed by atoms with Crippen LogP contribution in [0.2, 0.25) is 0 Å². The van der Waals surface area contributed by atoms with Crippen molar-refractivity contribution < 1.29 is 13.6 Å². The number of nitrogens with zero attached hydrogens (tertiary/aromatic N) is 1. The Kier molecular flexibility index (Phi) is 4.80. The van der Waals surface area contributed by atoms with E-state index in [-0.39, 0.29) is 5.69 Å². The summed E-state index contributed by atoms with van der Waals surface area (Å²) in [6, 6.07) is 7.64. The largest absolute Gasteiger partial charge is 0.323 e. The van der Waals surface area contributed by atoms with Crippen LogP contribution in [0, 0.1) is 18.6 Å². The van der Waals surface area contributed by atoms with Crippen LogP contribution in [0.25, 0.3) is 11.3 Å². The van der Waals surface area contributed by atoms with Gasteiger partial charge in [-0.05, 0) is 52.7 Å². The topological polar surface area (TPSA) is 69.8 Å². The smallest absolute Gasteiger partial charge is 0.308 e. The van der Waals surface area contributed by atoms with E-state index < -0.39 is 17.7 Å². The fourth-order valence-corrected chi connectivity index (χ4v) is 2.71. The molecule has 0 spiro atoms. The fourth-order valence-electron chi connectivity index (χ4n) is 2.30. The number of rotatable bonds is 3.